The van der Waals surface area contributed by atoms with Crippen molar-refractivity contribution in [1.29, 1.82) is 0 Å². The minimum absolute atomic E-state index is 0.0587. The van der Waals surface area contributed by atoms with Gasteiger partial charge in [0.05, 0.1) is 18.7 Å². The number of nitrogens with zero attached hydrogens (tertiary/aromatic N) is 2. The van der Waals surface area contributed by atoms with Crippen LogP contribution >= 0.6 is 0 Å². The van der Waals surface area contributed by atoms with Gasteiger partial charge in [-0.2, -0.15) is 0 Å². The topological polar surface area (TPSA) is 79.7 Å². The molecule has 0 aliphatic carbocycles. The van der Waals surface area contributed by atoms with Gasteiger partial charge in [0.15, 0.2) is 0 Å². The molecule has 1 aliphatic rings. The Bertz CT molecular complexity index is 1110. The Morgan fingerprint density at radius 3 is 2.57 bits per heavy atom. The van der Waals surface area contributed by atoms with Gasteiger partial charge in [-0.15, -0.1) is 0 Å². The summed E-state index contributed by atoms with van der Waals surface area (Å²) in [5.74, 6) is -1.06. The SMILES string of the molecule is COc1cccc(/C(O)=C2/C(=O)C(=O)N(Cc3cccnc3)C2c2ccccc2)c1. The molecule has 6 heteroatoms. The number of amides is 1. The maximum absolute atomic E-state index is 13.0. The number of hydrogen-bond acceptors (Lipinski definition) is 5. The van der Waals surface area contributed by atoms with E-state index in [-0.39, 0.29) is 17.9 Å². The number of carbonyl (C=O) groups excluding carboxylic acids is 2. The van der Waals surface area contributed by atoms with Gasteiger partial charge in [0.1, 0.15) is 11.5 Å². The van der Waals surface area contributed by atoms with Gasteiger partial charge < -0.3 is 14.7 Å². The molecule has 1 fully saturated rings. The van der Waals surface area contributed by atoms with E-state index in [2.05, 4.69) is 4.98 Å². The van der Waals surface area contributed by atoms with E-state index >= 15 is 0 Å². The second kappa shape index (κ2) is 8.21. The third-order valence-corrected chi connectivity index (χ3v) is 5.07. The molecular weight excluding hydrogens is 380 g/mol. The zero-order valence-corrected chi connectivity index (χ0v) is 16.4. The lowest BCUT2D eigenvalue weighted by Crippen LogP contribution is -2.29. The van der Waals surface area contributed by atoms with Crippen LogP contribution in [0, 0.1) is 0 Å². The Kier molecular flexibility index (Phi) is 5.30. The zero-order chi connectivity index (χ0) is 21.1. The number of rotatable bonds is 5. The fraction of sp³-hybridized carbons (Fsp3) is 0.125. The molecule has 1 aromatic heterocycles. The number of aliphatic hydroxyl groups is 1. The first-order valence-electron chi connectivity index (χ1n) is 9.47. The molecule has 150 valence electrons. The summed E-state index contributed by atoms with van der Waals surface area (Å²) in [5, 5.41) is 11.1. The van der Waals surface area contributed by atoms with Crippen LogP contribution in [0.5, 0.6) is 5.75 Å². The number of Topliss-reactive ketones (excluding diaryl/α,β-unsaturated/α-hetero) is 1. The molecule has 1 saturated heterocycles. The van der Waals surface area contributed by atoms with Crippen molar-refractivity contribution in [2.24, 2.45) is 0 Å². The Balaban J connectivity index is 1.85. The first-order chi connectivity index (χ1) is 14.6. The molecule has 3 aromatic rings. The molecule has 0 spiro atoms. The van der Waals surface area contributed by atoms with Crippen LogP contribution in [-0.4, -0.2) is 33.8 Å². The van der Waals surface area contributed by atoms with E-state index in [4.69, 9.17) is 4.74 Å². The quantitative estimate of drug-likeness (QED) is 0.401. The van der Waals surface area contributed by atoms with Crippen molar-refractivity contribution in [3.05, 3.63) is 101 Å². The van der Waals surface area contributed by atoms with Crippen molar-refractivity contribution in [2.45, 2.75) is 12.6 Å². The van der Waals surface area contributed by atoms with Crippen molar-refractivity contribution >= 4 is 17.4 Å². The van der Waals surface area contributed by atoms with Crippen LogP contribution in [0.25, 0.3) is 5.76 Å². The third kappa shape index (κ3) is 3.55. The number of aliphatic hydroxyl groups excluding tert-OH is 1. The number of pyridine rings is 1. The summed E-state index contributed by atoms with van der Waals surface area (Å²) in [6.45, 7) is 0.201. The van der Waals surface area contributed by atoms with Gasteiger partial charge in [-0.05, 0) is 29.3 Å². The first-order valence-corrected chi connectivity index (χ1v) is 9.47. The van der Waals surface area contributed by atoms with Crippen molar-refractivity contribution in [3.8, 4) is 5.75 Å². The van der Waals surface area contributed by atoms with Crippen molar-refractivity contribution in [1.82, 2.24) is 9.88 Å². The smallest absolute Gasteiger partial charge is 0.295 e. The molecule has 1 atom stereocenters. The lowest BCUT2D eigenvalue weighted by atomic mass is 9.95. The molecule has 2 heterocycles. The second-order valence-corrected chi connectivity index (χ2v) is 6.93. The van der Waals surface area contributed by atoms with E-state index in [0.29, 0.717) is 11.3 Å². The molecule has 6 nitrogen and oxygen atoms in total. The van der Waals surface area contributed by atoms with Crippen LogP contribution in [0.15, 0.2) is 84.7 Å². The number of ether oxygens (including phenoxy) is 1. The van der Waals surface area contributed by atoms with Crippen LogP contribution in [0.1, 0.15) is 22.7 Å². The lowest BCUT2D eigenvalue weighted by molar-refractivity contribution is -0.140. The normalized spacial score (nSPS) is 17.9. The Hall–Kier alpha value is -3.93. The second-order valence-electron chi connectivity index (χ2n) is 6.93. The van der Waals surface area contributed by atoms with Gasteiger partial charge in [0.2, 0.25) is 0 Å². The molecule has 0 saturated carbocycles. The number of carbonyl (C=O) groups is 2. The molecule has 30 heavy (non-hydrogen) atoms. The number of aromatic nitrogens is 1. The molecule has 1 amide bonds. The monoisotopic (exact) mass is 400 g/mol. The number of hydrogen-bond donors (Lipinski definition) is 1. The third-order valence-electron chi connectivity index (χ3n) is 5.07. The van der Waals surface area contributed by atoms with E-state index in [1.165, 1.54) is 12.0 Å². The van der Waals surface area contributed by atoms with Crippen LogP contribution < -0.4 is 4.74 Å². The van der Waals surface area contributed by atoms with E-state index in [9.17, 15) is 14.7 Å². The Morgan fingerprint density at radius 1 is 1.07 bits per heavy atom. The minimum atomic E-state index is -0.715. The molecule has 2 aromatic carbocycles. The van der Waals surface area contributed by atoms with Gasteiger partial charge in [0, 0.05) is 24.5 Å². The Labute approximate surface area is 174 Å². The summed E-state index contributed by atoms with van der Waals surface area (Å²) in [4.78, 5) is 31.5. The number of ketones is 1. The fourth-order valence-electron chi connectivity index (χ4n) is 3.64. The maximum Gasteiger partial charge on any atom is 0.295 e. The molecule has 1 aliphatic heterocycles. The van der Waals surface area contributed by atoms with Crippen molar-refractivity contribution in [3.63, 3.8) is 0 Å². The summed E-state index contributed by atoms with van der Waals surface area (Å²) in [6, 6.07) is 18.9. The molecule has 0 radical (unpaired) electrons. The maximum atomic E-state index is 13.0. The predicted octanol–water partition coefficient (Wildman–Crippen LogP) is 3.71. The minimum Gasteiger partial charge on any atom is -0.507 e. The Morgan fingerprint density at radius 2 is 1.87 bits per heavy atom. The molecule has 1 N–H and O–H groups in total. The fourth-order valence-corrected chi connectivity index (χ4v) is 3.64. The molecule has 1 unspecified atom stereocenters. The highest BCUT2D eigenvalue weighted by molar-refractivity contribution is 6.46. The lowest BCUT2D eigenvalue weighted by Gasteiger charge is -2.25. The summed E-state index contributed by atoms with van der Waals surface area (Å²) in [5.41, 5.74) is 2.00. The highest BCUT2D eigenvalue weighted by Gasteiger charge is 2.46. The molecule has 0 bridgehead atoms. The van der Waals surface area contributed by atoms with Gasteiger partial charge in [-0.1, -0.05) is 48.5 Å². The van der Waals surface area contributed by atoms with E-state index in [1.54, 1.807) is 42.7 Å². The summed E-state index contributed by atoms with van der Waals surface area (Å²) in [7, 11) is 1.52. The largest absolute Gasteiger partial charge is 0.507 e. The van der Waals surface area contributed by atoms with Gasteiger partial charge in [-0.3, -0.25) is 14.6 Å². The summed E-state index contributed by atoms with van der Waals surface area (Å²) >= 11 is 0. The standard InChI is InChI=1S/C24H20N2O4/c1-30-19-11-5-10-18(13-19)22(27)20-21(17-8-3-2-4-9-17)26(24(29)23(20)28)15-16-7-6-12-25-14-16/h2-14,21,27H,15H2,1H3/b22-20-. The molecular formula is C24H20N2O4. The average Bonchev–Trinajstić information content (AvgIpc) is 3.05. The average molecular weight is 400 g/mol. The van der Waals surface area contributed by atoms with Crippen molar-refractivity contribution < 1.29 is 19.4 Å². The van der Waals surface area contributed by atoms with Crippen molar-refractivity contribution in [2.75, 3.05) is 7.11 Å². The summed E-state index contributed by atoms with van der Waals surface area (Å²) in [6.07, 6.45) is 3.30. The van der Waals surface area contributed by atoms with E-state index in [0.717, 1.165) is 11.1 Å². The van der Waals surface area contributed by atoms with E-state index < -0.39 is 17.7 Å². The van der Waals surface area contributed by atoms with Crippen LogP contribution in [0.2, 0.25) is 0 Å². The van der Waals surface area contributed by atoms with Gasteiger partial charge >= 0.3 is 0 Å². The highest BCUT2D eigenvalue weighted by Crippen LogP contribution is 2.40. The van der Waals surface area contributed by atoms with Crippen LogP contribution in [0.3, 0.4) is 0 Å². The number of likely N-dealkylation sites (tertiary alicyclic amines) is 1. The predicted molar refractivity (Wildman–Crippen MR) is 112 cm³/mol. The zero-order valence-electron chi connectivity index (χ0n) is 16.4. The highest BCUT2D eigenvalue weighted by atomic mass is 16.5. The summed E-state index contributed by atoms with van der Waals surface area (Å²) < 4.78 is 5.22. The molecule has 4 rings (SSSR count). The number of methoxy groups -OCH3 is 1. The first kappa shape index (κ1) is 19.4. The van der Waals surface area contributed by atoms with Gasteiger partial charge in [0.25, 0.3) is 11.7 Å². The number of benzene rings is 2. The van der Waals surface area contributed by atoms with Gasteiger partial charge in [-0.25, -0.2) is 0 Å². The van der Waals surface area contributed by atoms with E-state index in [1.807, 2.05) is 36.4 Å². The van der Waals surface area contributed by atoms with Crippen LogP contribution in [0.4, 0.5) is 0 Å². The van der Waals surface area contributed by atoms with Crippen LogP contribution in [-0.2, 0) is 16.1 Å².